The maximum Gasteiger partial charge on any atom is 0.254 e. The van der Waals surface area contributed by atoms with Crippen LogP contribution in [0.1, 0.15) is 25.7 Å². The van der Waals surface area contributed by atoms with Crippen molar-refractivity contribution in [3.63, 3.8) is 0 Å². The minimum absolute atomic E-state index is 0.128. The second kappa shape index (κ2) is 3.60. The van der Waals surface area contributed by atoms with Crippen LogP contribution < -0.4 is 0 Å². The van der Waals surface area contributed by atoms with Crippen LogP contribution in [-0.4, -0.2) is 36.3 Å². The average molecular weight is 224 g/mol. The van der Waals surface area contributed by atoms with Crippen LogP contribution in [0.15, 0.2) is 0 Å². The molecule has 2 rings (SSSR count). The van der Waals surface area contributed by atoms with Gasteiger partial charge in [0, 0.05) is 17.7 Å². The summed E-state index contributed by atoms with van der Waals surface area (Å²) in [4.78, 5) is 2.25. The standard InChI is InChI=1S/C10H16ClF2N/c11-4-1-5-14-6-2-9(3-7-14)8-10(9,12)13/h1-8H2. The number of hydrogen-bond donors (Lipinski definition) is 0. The van der Waals surface area contributed by atoms with Gasteiger partial charge in [-0.1, -0.05) is 0 Å². The zero-order chi connectivity index (χ0) is 10.2. The van der Waals surface area contributed by atoms with Crippen LogP contribution in [0.2, 0.25) is 0 Å². The molecular weight excluding hydrogens is 208 g/mol. The lowest BCUT2D eigenvalue weighted by Crippen LogP contribution is -2.37. The molecule has 0 aromatic heterocycles. The Morgan fingerprint density at radius 2 is 1.79 bits per heavy atom. The third-order valence-corrected chi connectivity index (χ3v) is 3.90. The maximum absolute atomic E-state index is 13.0. The lowest BCUT2D eigenvalue weighted by Gasteiger charge is -2.31. The van der Waals surface area contributed by atoms with E-state index in [0.29, 0.717) is 18.7 Å². The van der Waals surface area contributed by atoms with Crippen molar-refractivity contribution in [3.8, 4) is 0 Å². The van der Waals surface area contributed by atoms with Crippen LogP contribution in [0.4, 0.5) is 8.78 Å². The predicted octanol–water partition coefficient (Wildman–Crippen LogP) is 2.74. The second-order valence-corrected chi connectivity index (χ2v) is 4.92. The number of rotatable bonds is 3. The van der Waals surface area contributed by atoms with Crippen LogP contribution in [0, 0.1) is 5.41 Å². The van der Waals surface area contributed by atoms with Gasteiger partial charge < -0.3 is 4.90 Å². The highest BCUT2D eigenvalue weighted by Gasteiger charge is 2.70. The van der Waals surface area contributed by atoms with Gasteiger partial charge in [0.25, 0.3) is 5.92 Å². The average Bonchev–Trinajstić information content (AvgIpc) is 2.67. The maximum atomic E-state index is 13.0. The SMILES string of the molecule is FC1(F)CC12CCN(CCCCl)CC2. The molecule has 0 aromatic carbocycles. The van der Waals surface area contributed by atoms with E-state index in [9.17, 15) is 8.78 Å². The molecular formula is C10H16ClF2N. The van der Waals surface area contributed by atoms with Crippen molar-refractivity contribution < 1.29 is 8.78 Å². The van der Waals surface area contributed by atoms with Crippen molar-refractivity contribution in [2.45, 2.75) is 31.6 Å². The number of hydrogen-bond acceptors (Lipinski definition) is 1. The number of halogens is 3. The van der Waals surface area contributed by atoms with Crippen LogP contribution in [0.3, 0.4) is 0 Å². The molecule has 0 atom stereocenters. The first kappa shape index (κ1) is 10.6. The first-order chi connectivity index (χ1) is 6.60. The summed E-state index contributed by atoms with van der Waals surface area (Å²) in [6.45, 7) is 2.62. The molecule has 2 fully saturated rings. The smallest absolute Gasteiger partial charge is 0.254 e. The summed E-state index contributed by atoms with van der Waals surface area (Å²) in [7, 11) is 0. The largest absolute Gasteiger partial charge is 0.303 e. The monoisotopic (exact) mass is 223 g/mol. The highest BCUT2D eigenvalue weighted by atomic mass is 35.5. The fourth-order valence-corrected chi connectivity index (χ4v) is 2.53. The van der Waals surface area contributed by atoms with Gasteiger partial charge in [0.1, 0.15) is 0 Å². The van der Waals surface area contributed by atoms with Crippen molar-refractivity contribution in [3.05, 3.63) is 0 Å². The Morgan fingerprint density at radius 3 is 2.21 bits per heavy atom. The fraction of sp³-hybridized carbons (Fsp3) is 1.00. The summed E-state index contributed by atoms with van der Waals surface area (Å²) in [6, 6.07) is 0. The number of alkyl halides is 3. The molecule has 82 valence electrons. The number of nitrogens with zero attached hydrogens (tertiary/aromatic N) is 1. The summed E-state index contributed by atoms with van der Waals surface area (Å²) in [5.74, 6) is -1.69. The quantitative estimate of drug-likeness (QED) is 0.665. The zero-order valence-corrected chi connectivity index (χ0v) is 8.99. The van der Waals surface area contributed by atoms with Gasteiger partial charge in [-0.15, -0.1) is 11.6 Å². The molecule has 1 heterocycles. The molecule has 1 saturated carbocycles. The molecule has 0 aromatic rings. The van der Waals surface area contributed by atoms with Crippen LogP contribution >= 0.6 is 11.6 Å². The first-order valence-electron chi connectivity index (χ1n) is 5.26. The Labute approximate surface area is 88.4 Å². The third-order valence-electron chi connectivity index (χ3n) is 3.63. The van der Waals surface area contributed by atoms with Crippen molar-refractivity contribution in [2.24, 2.45) is 5.41 Å². The molecule has 0 radical (unpaired) electrons. The van der Waals surface area contributed by atoms with Crippen molar-refractivity contribution in [1.29, 1.82) is 0 Å². The van der Waals surface area contributed by atoms with Crippen molar-refractivity contribution >= 4 is 11.6 Å². The second-order valence-electron chi connectivity index (χ2n) is 4.55. The third kappa shape index (κ3) is 1.76. The molecule has 1 aliphatic heterocycles. The summed E-state index contributed by atoms with van der Waals surface area (Å²) in [6.07, 6.45) is 2.43. The van der Waals surface area contributed by atoms with Gasteiger partial charge >= 0.3 is 0 Å². The van der Waals surface area contributed by atoms with Gasteiger partial charge in [0.05, 0.1) is 0 Å². The highest BCUT2D eigenvalue weighted by Crippen LogP contribution is 2.65. The van der Waals surface area contributed by atoms with E-state index in [1.165, 1.54) is 0 Å². The molecule has 0 N–H and O–H groups in total. The van der Waals surface area contributed by atoms with E-state index in [0.717, 1.165) is 26.1 Å². The summed E-state index contributed by atoms with van der Waals surface area (Å²) in [5.41, 5.74) is -0.607. The van der Waals surface area contributed by atoms with E-state index in [4.69, 9.17) is 11.6 Å². The fourth-order valence-electron chi connectivity index (χ4n) is 2.41. The Hall–Kier alpha value is 0.110. The molecule has 1 spiro atoms. The van der Waals surface area contributed by atoms with Crippen LogP contribution in [-0.2, 0) is 0 Å². The Morgan fingerprint density at radius 1 is 1.21 bits per heavy atom. The van der Waals surface area contributed by atoms with Crippen molar-refractivity contribution in [1.82, 2.24) is 4.90 Å². The zero-order valence-electron chi connectivity index (χ0n) is 8.24. The van der Waals surface area contributed by atoms with E-state index >= 15 is 0 Å². The molecule has 2 aliphatic rings. The topological polar surface area (TPSA) is 3.24 Å². The lowest BCUT2D eigenvalue weighted by atomic mass is 9.93. The molecule has 4 heteroatoms. The molecule has 14 heavy (non-hydrogen) atoms. The van der Waals surface area contributed by atoms with Gasteiger partial charge in [0.15, 0.2) is 0 Å². The number of piperidine rings is 1. The van der Waals surface area contributed by atoms with Crippen LogP contribution in [0.5, 0.6) is 0 Å². The van der Waals surface area contributed by atoms with Crippen molar-refractivity contribution in [2.75, 3.05) is 25.5 Å². The van der Waals surface area contributed by atoms with Gasteiger partial charge in [-0.2, -0.15) is 0 Å². The van der Waals surface area contributed by atoms with Gasteiger partial charge in [-0.25, -0.2) is 8.78 Å². The summed E-state index contributed by atoms with van der Waals surface area (Å²) < 4.78 is 26.0. The van der Waals surface area contributed by atoms with E-state index in [-0.39, 0.29) is 6.42 Å². The molecule has 0 unspecified atom stereocenters. The van der Waals surface area contributed by atoms with Gasteiger partial charge in [-0.3, -0.25) is 0 Å². The van der Waals surface area contributed by atoms with E-state index in [2.05, 4.69) is 4.90 Å². The van der Waals surface area contributed by atoms with E-state index in [1.54, 1.807) is 0 Å². The Kier molecular flexibility index (Phi) is 2.73. The molecule has 0 bridgehead atoms. The number of likely N-dealkylation sites (tertiary alicyclic amines) is 1. The summed E-state index contributed by atoms with van der Waals surface area (Å²) >= 11 is 5.59. The lowest BCUT2D eigenvalue weighted by molar-refractivity contribution is 0.0315. The minimum Gasteiger partial charge on any atom is -0.303 e. The van der Waals surface area contributed by atoms with Crippen LogP contribution in [0.25, 0.3) is 0 Å². The molecule has 1 nitrogen and oxygen atoms in total. The predicted molar refractivity (Wildman–Crippen MR) is 53.0 cm³/mol. The van der Waals surface area contributed by atoms with E-state index in [1.807, 2.05) is 0 Å². The Balaban J connectivity index is 1.77. The normalized spacial score (nSPS) is 29.4. The summed E-state index contributed by atoms with van der Waals surface area (Å²) in [5, 5.41) is 0. The van der Waals surface area contributed by atoms with E-state index < -0.39 is 11.3 Å². The molecule has 1 aliphatic carbocycles. The van der Waals surface area contributed by atoms with Gasteiger partial charge in [-0.05, 0) is 38.9 Å². The highest BCUT2D eigenvalue weighted by molar-refractivity contribution is 6.17. The first-order valence-corrected chi connectivity index (χ1v) is 5.79. The minimum atomic E-state index is -2.36. The Bertz CT molecular complexity index is 212. The van der Waals surface area contributed by atoms with Gasteiger partial charge in [0.2, 0.25) is 0 Å². The molecule has 1 saturated heterocycles. The molecule has 0 amide bonds.